The first-order valence-corrected chi connectivity index (χ1v) is 24.6. The Labute approximate surface area is 368 Å². The molecule has 0 unspecified atom stereocenters. The van der Waals surface area contributed by atoms with Gasteiger partial charge in [0.2, 0.25) is 0 Å². The zero-order valence-corrected chi connectivity index (χ0v) is 39.4. The molecule has 0 N–H and O–H groups in total. The van der Waals surface area contributed by atoms with Crippen LogP contribution in [-0.4, -0.2) is 22.6 Å². The third-order valence-electron chi connectivity index (χ3n) is 10.7. The van der Waals surface area contributed by atoms with E-state index in [-0.39, 0.29) is 25.5 Å². The molecule has 3 nitrogen and oxygen atoms in total. The van der Waals surface area contributed by atoms with Gasteiger partial charge in [-0.05, 0) is 80.2 Å². The van der Waals surface area contributed by atoms with Crippen molar-refractivity contribution in [2.45, 2.75) is 66.1 Å². The van der Waals surface area contributed by atoms with Crippen LogP contribution in [0.1, 0.15) is 45.7 Å². The van der Waals surface area contributed by atoms with Gasteiger partial charge in [-0.15, -0.1) is 59.2 Å². The number of thiophene rings is 1. The number of nitrogens with zero attached hydrogens (tertiary/aromatic N) is 3. The third kappa shape index (κ3) is 9.12. The Morgan fingerprint density at radius 2 is 1.42 bits per heavy atom. The fourth-order valence-electron chi connectivity index (χ4n) is 7.72. The molecule has 299 valence electrons. The summed E-state index contributed by atoms with van der Waals surface area (Å²) in [6.45, 7) is 18.5. The van der Waals surface area contributed by atoms with E-state index in [1.54, 1.807) is 0 Å². The van der Waals surface area contributed by atoms with E-state index in [0.29, 0.717) is 5.92 Å². The van der Waals surface area contributed by atoms with Crippen LogP contribution in [0.25, 0.3) is 70.7 Å². The number of pyridine rings is 1. The van der Waals surface area contributed by atoms with E-state index in [1.807, 2.05) is 29.5 Å². The molecule has 0 aliphatic heterocycles. The van der Waals surface area contributed by atoms with Gasteiger partial charge in [-0.3, -0.25) is 4.98 Å². The molecule has 0 spiro atoms. The zero-order valence-electron chi connectivity index (χ0n) is 35.2. The van der Waals surface area contributed by atoms with Gasteiger partial charge >= 0.3 is 0 Å². The van der Waals surface area contributed by atoms with Crippen LogP contribution in [0, 0.1) is 18.1 Å². The summed E-state index contributed by atoms with van der Waals surface area (Å²) < 4.78 is 4.83. The monoisotopic (exact) mass is 982 g/mol. The summed E-state index contributed by atoms with van der Waals surface area (Å²) in [5.74, 6) is 1.56. The van der Waals surface area contributed by atoms with Crippen molar-refractivity contribution in [1.29, 1.82) is 0 Å². The van der Waals surface area contributed by atoms with E-state index in [2.05, 4.69) is 198 Å². The number of hydrogen-bond acceptors (Lipinski definition) is 3. The summed E-state index contributed by atoms with van der Waals surface area (Å²) >= 11 is 1.83. The molecule has 3 aromatic heterocycles. The van der Waals surface area contributed by atoms with Crippen LogP contribution in [0.2, 0.25) is 19.6 Å². The Bertz CT molecular complexity index is 2860. The summed E-state index contributed by atoms with van der Waals surface area (Å²) in [4.78, 5) is 9.85. The second-order valence-electron chi connectivity index (χ2n) is 17.7. The van der Waals surface area contributed by atoms with Crippen molar-refractivity contribution in [3.05, 3.63) is 169 Å². The molecule has 0 saturated heterocycles. The number of para-hydroxylation sites is 2. The van der Waals surface area contributed by atoms with Gasteiger partial charge in [0.1, 0.15) is 0 Å². The normalized spacial score (nSPS) is 11.8. The van der Waals surface area contributed by atoms with Crippen LogP contribution in [0.5, 0.6) is 0 Å². The molecule has 0 bridgehead atoms. The zero-order chi connectivity index (χ0) is 40.6. The van der Waals surface area contributed by atoms with Gasteiger partial charge in [-0.1, -0.05) is 144 Å². The topological polar surface area (TPSA) is 30.7 Å². The maximum Gasteiger partial charge on any atom is 0.0798 e. The van der Waals surface area contributed by atoms with Gasteiger partial charge < -0.3 is 9.55 Å². The number of rotatable bonds is 7. The van der Waals surface area contributed by atoms with Crippen LogP contribution in [0.4, 0.5) is 0 Å². The summed E-state index contributed by atoms with van der Waals surface area (Å²) in [7, 11) is -1.40. The number of fused-ring (bicyclic) bond motifs is 4. The first-order valence-electron chi connectivity index (χ1n) is 20.3. The Morgan fingerprint density at radius 3 is 2.15 bits per heavy atom. The number of hydrogen-bond donors (Lipinski definition) is 0. The van der Waals surface area contributed by atoms with Crippen LogP contribution in [0.3, 0.4) is 0 Å². The summed E-state index contributed by atoms with van der Waals surface area (Å²) in [5, 5.41) is 4.03. The fourth-order valence-corrected chi connectivity index (χ4v) is 10.4. The van der Waals surface area contributed by atoms with Crippen molar-refractivity contribution in [3.8, 4) is 39.5 Å². The van der Waals surface area contributed by atoms with Crippen molar-refractivity contribution in [3.63, 3.8) is 0 Å². The Morgan fingerprint density at radius 1 is 0.712 bits per heavy atom. The van der Waals surface area contributed by atoms with Gasteiger partial charge in [0.15, 0.2) is 0 Å². The molecule has 0 aliphatic rings. The summed E-state index contributed by atoms with van der Waals surface area (Å²) in [6.07, 6.45) is 3.23. The molecule has 0 aliphatic carbocycles. The number of imidazole rings is 1. The average molecular weight is 982 g/mol. The Kier molecular flexibility index (Phi) is 12.4. The maximum atomic E-state index is 5.03. The number of aromatic nitrogens is 3. The third-order valence-corrected chi connectivity index (χ3v) is 13.9. The Balaban J connectivity index is 0.000000180. The molecule has 0 saturated carbocycles. The van der Waals surface area contributed by atoms with Gasteiger partial charge in [-0.25, -0.2) is 0 Å². The van der Waals surface area contributed by atoms with E-state index < -0.39 is 8.07 Å². The Hall–Kier alpha value is -4.97. The fraction of sp³-hybridized carbons (Fsp3) is 0.208. The molecule has 0 atom stereocenters. The minimum absolute atomic E-state index is 0. The smallest absolute Gasteiger partial charge is 0.0798 e. The molecule has 9 rings (SSSR count). The van der Waals surface area contributed by atoms with Crippen LogP contribution >= 0.6 is 11.3 Å². The summed E-state index contributed by atoms with van der Waals surface area (Å²) in [5.41, 5.74) is 11.7. The molecule has 6 aromatic carbocycles. The van der Waals surface area contributed by atoms with Gasteiger partial charge in [0.05, 0.1) is 24.9 Å². The maximum absolute atomic E-state index is 5.03. The molecule has 9 aromatic rings. The molecule has 0 amide bonds. The predicted octanol–water partition coefficient (Wildman–Crippen LogP) is 14.1. The van der Waals surface area contributed by atoms with Crippen LogP contribution < -0.4 is 5.19 Å². The standard InChI is InChI=1S/C29H23N2S.C24H28NSi.Ir/c1-29(2,3)20-13-15-21(16-14-20)31-25-10-6-5-9-24(25)30-28(31)19-12-17-23-22-8-4-7-11-26(22)32-27(23)18-19;1-18(2)14-22-16-23(25-17-24(22)26(3,4)5)21-13-9-12-20(15-21)19-10-7-6-8-11-19;/h4-11,13-18H,1-3H3;6-12,15-18H,14H2,1-5H3;/q2*-1;. The molecule has 59 heavy (non-hydrogen) atoms. The van der Waals surface area contributed by atoms with Crippen molar-refractivity contribution >= 4 is 55.8 Å². The minimum atomic E-state index is -1.40. The molecule has 6 heteroatoms. The SMILES string of the molecule is CC(C)(C)c1ccc(-n2c(-c3[c-]cc4c(c3)sc3ccccc34)nc3ccccc32)cc1.CC(C)Cc1cc(-c2[c-]ccc(-c3ccccc3)c2)ncc1[Si](C)(C)C.[Ir]. The van der Waals surface area contributed by atoms with E-state index in [9.17, 15) is 0 Å². The molecular weight excluding hydrogens is 931 g/mol. The molecular formula is C53H51IrN3SSi-2. The molecule has 1 radical (unpaired) electrons. The first kappa shape index (κ1) is 42.2. The second-order valence-corrected chi connectivity index (χ2v) is 23.8. The second kappa shape index (κ2) is 17.3. The summed E-state index contributed by atoms with van der Waals surface area (Å²) in [6, 6.07) is 56.2. The molecule has 0 fully saturated rings. The predicted molar refractivity (Wildman–Crippen MR) is 252 cm³/mol. The van der Waals surface area contributed by atoms with Crippen LogP contribution in [-0.2, 0) is 31.9 Å². The number of benzene rings is 6. The van der Waals surface area contributed by atoms with E-state index >= 15 is 0 Å². The first-order chi connectivity index (χ1) is 27.8. The van der Waals surface area contributed by atoms with E-state index in [0.717, 1.165) is 45.8 Å². The van der Waals surface area contributed by atoms with Crippen molar-refractivity contribution in [2.24, 2.45) is 5.92 Å². The average Bonchev–Trinajstić information content (AvgIpc) is 3.79. The molecule has 3 heterocycles. The van der Waals surface area contributed by atoms with Crippen molar-refractivity contribution < 1.29 is 20.1 Å². The quantitative estimate of drug-likeness (QED) is 0.118. The van der Waals surface area contributed by atoms with E-state index in [1.165, 1.54) is 47.6 Å². The minimum Gasteiger partial charge on any atom is -0.333 e. The van der Waals surface area contributed by atoms with Crippen molar-refractivity contribution in [1.82, 2.24) is 14.5 Å². The van der Waals surface area contributed by atoms with Gasteiger partial charge in [0.25, 0.3) is 0 Å². The van der Waals surface area contributed by atoms with E-state index in [4.69, 9.17) is 9.97 Å². The van der Waals surface area contributed by atoms with Gasteiger partial charge in [0, 0.05) is 36.7 Å². The largest absolute Gasteiger partial charge is 0.333 e. The van der Waals surface area contributed by atoms with Crippen molar-refractivity contribution in [2.75, 3.05) is 0 Å². The van der Waals surface area contributed by atoms with Crippen LogP contribution in [0.15, 0.2) is 146 Å². The van der Waals surface area contributed by atoms with Gasteiger partial charge in [-0.2, -0.15) is 11.3 Å².